The van der Waals surface area contributed by atoms with Gasteiger partial charge in [-0.15, -0.1) is 0 Å². The van der Waals surface area contributed by atoms with E-state index < -0.39 is 4.92 Å². The van der Waals surface area contributed by atoms with E-state index in [1.54, 1.807) is 19.1 Å². The highest BCUT2D eigenvalue weighted by molar-refractivity contribution is 5.38. The van der Waals surface area contributed by atoms with Crippen molar-refractivity contribution in [3.8, 4) is 0 Å². The van der Waals surface area contributed by atoms with Crippen LogP contribution in [0.4, 0.5) is 5.69 Å². The molecule has 2 rings (SSSR count). The summed E-state index contributed by atoms with van der Waals surface area (Å²) in [5, 5.41) is 11.7. The van der Waals surface area contributed by atoms with Gasteiger partial charge in [-0.25, -0.2) is 0 Å². The minimum Gasteiger partial charge on any atom is -0.259 e. The number of hydrogen-bond acceptors (Lipinski definition) is 4. The van der Waals surface area contributed by atoms with Crippen molar-refractivity contribution in [3.63, 3.8) is 0 Å². The molecule has 0 saturated heterocycles. The van der Waals surface area contributed by atoms with E-state index in [9.17, 15) is 10.1 Å². The van der Waals surface area contributed by atoms with Gasteiger partial charge < -0.3 is 0 Å². The molecular weight excluding hydrogens is 170 g/mol. The van der Waals surface area contributed by atoms with Crippen LogP contribution >= 0.6 is 0 Å². The van der Waals surface area contributed by atoms with Crippen LogP contribution in [0.25, 0.3) is 0 Å². The van der Waals surface area contributed by atoms with Crippen LogP contribution in [0.15, 0.2) is 22.1 Å². The van der Waals surface area contributed by atoms with Crippen LogP contribution in [0.1, 0.15) is 5.56 Å². The number of rotatable bonds is 1. The lowest BCUT2D eigenvalue weighted by Gasteiger charge is -1.94. The monoisotopic (exact) mass is 177 g/mol. The predicted octanol–water partition coefficient (Wildman–Crippen LogP) is 0.114. The second kappa shape index (κ2) is 2.62. The Balaban J connectivity index is 2.90. The highest BCUT2D eigenvalue weighted by atomic mass is 16.6. The van der Waals surface area contributed by atoms with E-state index in [2.05, 4.69) is 9.98 Å². The van der Waals surface area contributed by atoms with Gasteiger partial charge in [-0.1, -0.05) is 6.07 Å². The van der Waals surface area contributed by atoms with Crippen LogP contribution in [0, 0.1) is 17.0 Å². The van der Waals surface area contributed by atoms with Gasteiger partial charge in [0, 0.05) is 5.56 Å². The molecule has 0 N–H and O–H groups in total. The van der Waals surface area contributed by atoms with Gasteiger partial charge in [0.25, 0.3) is 5.69 Å². The summed E-state index contributed by atoms with van der Waals surface area (Å²) >= 11 is 0. The topological polar surface area (TPSA) is 67.9 Å². The molecular formula is C8H7N3O2. The van der Waals surface area contributed by atoms with Gasteiger partial charge in [0.2, 0.25) is 0 Å². The molecule has 66 valence electrons. The van der Waals surface area contributed by atoms with Crippen molar-refractivity contribution in [2.24, 2.45) is 9.98 Å². The first-order valence-electron chi connectivity index (χ1n) is 3.83. The van der Waals surface area contributed by atoms with Gasteiger partial charge in [0.1, 0.15) is 6.67 Å². The first-order valence-corrected chi connectivity index (χ1v) is 3.83. The number of hydrogen-bond donors (Lipinski definition) is 0. The normalized spacial score (nSPS) is 13.0. The highest BCUT2D eigenvalue weighted by Crippen LogP contribution is 2.09. The molecule has 0 spiro atoms. The quantitative estimate of drug-likeness (QED) is 0.451. The Kier molecular flexibility index (Phi) is 1.58. The molecule has 1 aromatic carbocycles. The van der Waals surface area contributed by atoms with E-state index >= 15 is 0 Å². The molecule has 5 heteroatoms. The molecule has 0 fully saturated rings. The Bertz CT molecular complexity index is 493. The van der Waals surface area contributed by atoms with E-state index in [1.165, 1.54) is 0 Å². The summed E-state index contributed by atoms with van der Waals surface area (Å²) < 4.78 is 0. The van der Waals surface area contributed by atoms with Crippen LogP contribution in [0.2, 0.25) is 0 Å². The van der Waals surface area contributed by atoms with E-state index in [0.717, 1.165) is 0 Å². The number of aryl methyl sites for hydroxylation is 1. The molecule has 5 nitrogen and oxygen atoms in total. The van der Waals surface area contributed by atoms with Crippen LogP contribution < -0.4 is 10.7 Å². The lowest BCUT2D eigenvalue weighted by Crippen LogP contribution is -2.25. The second-order valence-electron chi connectivity index (χ2n) is 2.81. The Hall–Kier alpha value is -1.78. The largest absolute Gasteiger partial charge is 0.299 e. The summed E-state index contributed by atoms with van der Waals surface area (Å²) in [6.45, 7) is 2.01. The van der Waals surface area contributed by atoms with Crippen molar-refractivity contribution < 1.29 is 4.92 Å². The Morgan fingerprint density at radius 1 is 1.46 bits per heavy atom. The summed E-state index contributed by atoms with van der Waals surface area (Å²) in [7, 11) is 0. The summed E-state index contributed by atoms with van der Waals surface area (Å²) in [6.07, 6.45) is 0. The maximum absolute atomic E-state index is 10.7. The minimum atomic E-state index is -0.404. The summed E-state index contributed by atoms with van der Waals surface area (Å²) in [5.41, 5.74) is 0.711. The van der Waals surface area contributed by atoms with E-state index in [0.29, 0.717) is 22.9 Å². The van der Waals surface area contributed by atoms with Crippen LogP contribution in [0.3, 0.4) is 0 Å². The average molecular weight is 177 g/mol. The number of nitrogens with zero attached hydrogens (tertiary/aromatic N) is 3. The predicted molar refractivity (Wildman–Crippen MR) is 45.0 cm³/mol. The van der Waals surface area contributed by atoms with Gasteiger partial charge in [-0.3, -0.25) is 20.1 Å². The fraction of sp³-hybridized carbons (Fsp3) is 0.250. The maximum atomic E-state index is 10.7. The number of nitro benzene ring substituents is 1. The van der Waals surface area contributed by atoms with Crippen molar-refractivity contribution in [3.05, 3.63) is 38.5 Å². The van der Waals surface area contributed by atoms with Gasteiger partial charge >= 0.3 is 0 Å². The Labute approximate surface area is 73.6 Å². The maximum Gasteiger partial charge on any atom is 0.299 e. The van der Waals surface area contributed by atoms with Crippen molar-refractivity contribution in [2.75, 3.05) is 6.67 Å². The minimum absolute atomic E-state index is 0.0822. The van der Waals surface area contributed by atoms with Gasteiger partial charge in [-0.05, 0) is 13.0 Å². The van der Waals surface area contributed by atoms with Crippen molar-refractivity contribution in [2.45, 2.75) is 6.92 Å². The summed E-state index contributed by atoms with van der Waals surface area (Å²) in [4.78, 5) is 18.3. The summed E-state index contributed by atoms with van der Waals surface area (Å²) in [5.74, 6) is 0. The van der Waals surface area contributed by atoms with Crippen molar-refractivity contribution in [1.29, 1.82) is 0 Å². The van der Waals surface area contributed by atoms with Crippen LogP contribution in [0.5, 0.6) is 0 Å². The number of benzene rings is 1. The SMILES string of the molecule is Cc1ccc2c(c1[N+](=O)[O-])=NCN=2. The molecule has 0 saturated carbocycles. The molecule has 1 aromatic rings. The third kappa shape index (κ3) is 1.09. The van der Waals surface area contributed by atoms with E-state index in [-0.39, 0.29) is 5.69 Å². The molecule has 0 atom stereocenters. The Morgan fingerprint density at radius 3 is 2.92 bits per heavy atom. The van der Waals surface area contributed by atoms with Crippen LogP contribution in [-0.4, -0.2) is 11.6 Å². The third-order valence-electron chi connectivity index (χ3n) is 1.98. The molecule has 1 heterocycles. The molecule has 0 amide bonds. The first-order chi connectivity index (χ1) is 6.20. The molecule has 0 aliphatic carbocycles. The van der Waals surface area contributed by atoms with Crippen LogP contribution in [-0.2, 0) is 0 Å². The molecule has 0 aromatic heterocycles. The van der Waals surface area contributed by atoms with E-state index in [4.69, 9.17) is 0 Å². The average Bonchev–Trinajstić information content (AvgIpc) is 2.50. The van der Waals surface area contributed by atoms with Gasteiger partial charge in [0.05, 0.1) is 10.3 Å². The smallest absolute Gasteiger partial charge is 0.259 e. The number of fused-ring (bicyclic) bond motifs is 1. The fourth-order valence-electron chi connectivity index (χ4n) is 1.37. The summed E-state index contributed by atoms with van der Waals surface area (Å²) in [6, 6.07) is 3.45. The molecule has 1 aliphatic heterocycles. The lowest BCUT2D eigenvalue weighted by atomic mass is 10.2. The fourth-order valence-corrected chi connectivity index (χ4v) is 1.37. The van der Waals surface area contributed by atoms with Gasteiger partial charge in [-0.2, -0.15) is 0 Å². The third-order valence-corrected chi connectivity index (χ3v) is 1.98. The molecule has 0 unspecified atom stereocenters. The molecule has 0 bridgehead atoms. The first kappa shape index (κ1) is 7.85. The van der Waals surface area contributed by atoms with Gasteiger partial charge in [0.15, 0.2) is 5.36 Å². The number of nitro groups is 1. The lowest BCUT2D eigenvalue weighted by molar-refractivity contribution is -0.386. The van der Waals surface area contributed by atoms with Crippen molar-refractivity contribution >= 4 is 5.69 Å². The zero-order chi connectivity index (χ0) is 9.42. The molecule has 1 aliphatic rings. The highest BCUT2D eigenvalue weighted by Gasteiger charge is 2.16. The van der Waals surface area contributed by atoms with E-state index in [1.807, 2.05) is 0 Å². The molecule has 13 heavy (non-hydrogen) atoms. The zero-order valence-electron chi connectivity index (χ0n) is 7.02. The second-order valence-corrected chi connectivity index (χ2v) is 2.81. The zero-order valence-corrected chi connectivity index (χ0v) is 7.02. The Morgan fingerprint density at radius 2 is 2.23 bits per heavy atom. The molecule has 0 radical (unpaired) electrons. The standard InChI is InChI=1S/C8H7N3O2/c1-5-2-3-6-7(10-4-9-6)8(5)11(12)13/h2-3H,4H2,1H3. The van der Waals surface area contributed by atoms with Crippen molar-refractivity contribution in [1.82, 2.24) is 0 Å².